The third-order valence-corrected chi connectivity index (χ3v) is 5.97. The molecule has 0 spiro atoms. The van der Waals surface area contributed by atoms with Crippen LogP contribution in [0.15, 0.2) is 30.4 Å². The number of allylic oxidation sites excluding steroid dienone is 2. The maximum Gasteiger partial charge on any atom is 0.321 e. The van der Waals surface area contributed by atoms with Crippen LogP contribution in [0.2, 0.25) is 10.0 Å². The van der Waals surface area contributed by atoms with Crippen LogP contribution in [-0.2, 0) is 9.59 Å². The fourth-order valence-electron chi connectivity index (χ4n) is 3.75. The van der Waals surface area contributed by atoms with Gasteiger partial charge in [0.1, 0.15) is 0 Å². The first-order chi connectivity index (χ1) is 12.5. The van der Waals surface area contributed by atoms with Crippen LogP contribution >= 0.6 is 23.2 Å². The third kappa shape index (κ3) is 2.87. The number of likely N-dealkylation sites (tertiary alicyclic amines) is 2. The number of hydrogen-bond acceptors (Lipinski definition) is 3. The molecule has 3 aliphatic rings. The van der Waals surface area contributed by atoms with Crippen molar-refractivity contribution in [3.63, 3.8) is 0 Å². The molecule has 2 fully saturated rings. The number of anilines is 1. The topological polar surface area (TPSA) is 69.7 Å². The van der Waals surface area contributed by atoms with E-state index >= 15 is 0 Å². The Morgan fingerprint density at radius 3 is 2.19 bits per heavy atom. The van der Waals surface area contributed by atoms with E-state index in [1.165, 1.54) is 4.90 Å². The Bertz CT molecular complexity index is 794. The van der Waals surface area contributed by atoms with Gasteiger partial charge in [-0.25, -0.2) is 4.79 Å². The van der Waals surface area contributed by atoms with Crippen molar-refractivity contribution in [3.05, 3.63) is 40.4 Å². The first-order valence-electron chi connectivity index (χ1n) is 8.48. The van der Waals surface area contributed by atoms with Gasteiger partial charge in [-0.3, -0.25) is 14.5 Å². The summed E-state index contributed by atoms with van der Waals surface area (Å²) in [5.74, 6) is -0.657. The van der Waals surface area contributed by atoms with E-state index in [1.54, 1.807) is 23.1 Å². The summed E-state index contributed by atoms with van der Waals surface area (Å²) in [5.41, 5.74) is 0.540. The predicted molar refractivity (Wildman–Crippen MR) is 98.0 cm³/mol. The Kier molecular flexibility index (Phi) is 4.40. The second-order valence-electron chi connectivity index (χ2n) is 6.82. The quantitative estimate of drug-likeness (QED) is 0.619. The van der Waals surface area contributed by atoms with Gasteiger partial charge in [0.15, 0.2) is 0 Å². The van der Waals surface area contributed by atoms with Crippen molar-refractivity contribution >= 4 is 46.7 Å². The number of imide groups is 1. The first-order valence-corrected chi connectivity index (χ1v) is 9.24. The van der Waals surface area contributed by atoms with E-state index in [0.29, 0.717) is 41.7 Å². The number of rotatable bonds is 2. The van der Waals surface area contributed by atoms with Gasteiger partial charge in [0.05, 0.1) is 27.9 Å². The van der Waals surface area contributed by atoms with Crippen molar-refractivity contribution in [2.24, 2.45) is 11.8 Å². The molecule has 136 valence electrons. The monoisotopic (exact) mass is 393 g/mol. The number of fused-ring (bicyclic) bond motifs is 1. The molecular weight excluding hydrogens is 377 g/mol. The van der Waals surface area contributed by atoms with Gasteiger partial charge >= 0.3 is 6.03 Å². The average molecular weight is 394 g/mol. The zero-order valence-corrected chi connectivity index (χ0v) is 15.3. The molecule has 0 bridgehead atoms. The molecule has 4 amide bonds. The first kappa shape index (κ1) is 17.4. The Morgan fingerprint density at radius 2 is 1.62 bits per heavy atom. The van der Waals surface area contributed by atoms with E-state index in [4.69, 9.17) is 23.2 Å². The molecule has 2 atom stereocenters. The number of hydrogen-bond donors (Lipinski definition) is 1. The average Bonchev–Trinajstić information content (AvgIpc) is 2.83. The van der Waals surface area contributed by atoms with Crippen molar-refractivity contribution in [1.29, 1.82) is 0 Å². The van der Waals surface area contributed by atoms with E-state index in [2.05, 4.69) is 5.32 Å². The molecule has 0 saturated carbocycles. The lowest BCUT2D eigenvalue weighted by Gasteiger charge is -2.43. The number of urea groups is 1. The molecular formula is C18H17Cl2N3O3. The fourth-order valence-corrected chi connectivity index (χ4v) is 4.04. The zero-order chi connectivity index (χ0) is 18.4. The lowest BCUT2D eigenvalue weighted by atomic mass is 9.85. The van der Waals surface area contributed by atoms with E-state index in [-0.39, 0.29) is 35.7 Å². The highest BCUT2D eigenvalue weighted by atomic mass is 35.5. The lowest BCUT2D eigenvalue weighted by Crippen LogP contribution is -2.63. The molecule has 2 aliphatic heterocycles. The summed E-state index contributed by atoms with van der Waals surface area (Å²) < 4.78 is 0. The molecule has 8 heteroatoms. The predicted octanol–water partition coefficient (Wildman–Crippen LogP) is 3.16. The highest BCUT2D eigenvalue weighted by Gasteiger charge is 2.52. The number of nitrogens with one attached hydrogen (secondary N) is 1. The molecule has 1 aromatic rings. The summed E-state index contributed by atoms with van der Waals surface area (Å²) in [4.78, 5) is 40.3. The number of carbonyl (C=O) groups is 3. The molecule has 6 nitrogen and oxygen atoms in total. The van der Waals surface area contributed by atoms with Crippen molar-refractivity contribution < 1.29 is 14.4 Å². The lowest BCUT2D eigenvalue weighted by molar-refractivity contribution is -0.145. The van der Waals surface area contributed by atoms with Crippen LogP contribution in [0, 0.1) is 11.8 Å². The van der Waals surface area contributed by atoms with Crippen LogP contribution in [0.3, 0.4) is 0 Å². The van der Waals surface area contributed by atoms with Gasteiger partial charge in [0.25, 0.3) is 0 Å². The summed E-state index contributed by atoms with van der Waals surface area (Å²) in [6.45, 7) is 0.689. The number of amides is 4. The maximum atomic E-state index is 12.5. The second kappa shape index (κ2) is 6.59. The minimum Gasteiger partial charge on any atom is -0.320 e. The summed E-state index contributed by atoms with van der Waals surface area (Å²) in [5, 5.41) is 3.51. The van der Waals surface area contributed by atoms with Crippen LogP contribution in [0.25, 0.3) is 0 Å². The molecule has 2 heterocycles. The highest BCUT2D eigenvalue weighted by Crippen LogP contribution is 2.37. The zero-order valence-electron chi connectivity index (χ0n) is 13.8. The minimum atomic E-state index is -0.294. The van der Waals surface area contributed by atoms with Crippen LogP contribution < -0.4 is 5.32 Å². The highest BCUT2D eigenvalue weighted by molar-refractivity contribution is 6.42. The van der Waals surface area contributed by atoms with Crippen LogP contribution in [0.1, 0.15) is 12.8 Å². The summed E-state index contributed by atoms with van der Waals surface area (Å²) in [6.07, 6.45) is 5.18. The van der Waals surface area contributed by atoms with Gasteiger partial charge in [-0.2, -0.15) is 0 Å². The van der Waals surface area contributed by atoms with E-state index < -0.39 is 0 Å². The van der Waals surface area contributed by atoms with Gasteiger partial charge in [-0.05, 0) is 31.0 Å². The normalized spacial score (nSPS) is 25.3. The van der Waals surface area contributed by atoms with Crippen molar-refractivity contribution in [1.82, 2.24) is 9.80 Å². The van der Waals surface area contributed by atoms with Crippen molar-refractivity contribution in [2.75, 3.05) is 18.4 Å². The smallest absolute Gasteiger partial charge is 0.320 e. The van der Waals surface area contributed by atoms with Crippen molar-refractivity contribution in [3.8, 4) is 0 Å². The largest absolute Gasteiger partial charge is 0.321 e. The summed E-state index contributed by atoms with van der Waals surface area (Å²) in [6, 6.07) is 4.31. The van der Waals surface area contributed by atoms with Gasteiger partial charge < -0.3 is 10.2 Å². The Balaban J connectivity index is 1.36. The molecule has 0 unspecified atom stereocenters. The number of nitrogens with zero attached hydrogens (tertiary/aromatic N) is 2. The fraction of sp³-hybridized carbons (Fsp3) is 0.389. The maximum absolute atomic E-state index is 12.5. The summed E-state index contributed by atoms with van der Waals surface area (Å²) in [7, 11) is 0. The second-order valence-corrected chi connectivity index (χ2v) is 7.63. The number of benzene rings is 1. The van der Waals surface area contributed by atoms with E-state index in [9.17, 15) is 14.4 Å². The van der Waals surface area contributed by atoms with Crippen molar-refractivity contribution in [2.45, 2.75) is 18.9 Å². The molecule has 1 N–H and O–H groups in total. The Morgan fingerprint density at radius 1 is 1.00 bits per heavy atom. The molecule has 1 aromatic carbocycles. The molecule has 2 saturated heterocycles. The van der Waals surface area contributed by atoms with Gasteiger partial charge in [0, 0.05) is 18.8 Å². The van der Waals surface area contributed by atoms with Gasteiger partial charge in [-0.1, -0.05) is 35.4 Å². The molecule has 0 aromatic heterocycles. The van der Waals surface area contributed by atoms with E-state index in [1.807, 2.05) is 12.2 Å². The SMILES string of the molecule is O=C(Nc1ccc(Cl)c(Cl)c1)N1CC(N2C(=O)[C@H]3CC=CC[C@H]3C2=O)C1. The minimum absolute atomic E-state index is 0.0982. The standard InChI is InChI=1S/C18H17Cl2N3O3/c19-14-6-5-10(7-15(14)20)21-18(26)22-8-11(9-22)23-16(24)12-3-1-2-4-13(12)17(23)25/h1-2,5-7,11-13H,3-4,8-9H2,(H,21,26)/t12-,13+. The van der Waals surface area contributed by atoms with Gasteiger partial charge in [0.2, 0.25) is 11.8 Å². The van der Waals surface area contributed by atoms with Crippen LogP contribution in [-0.4, -0.2) is 46.8 Å². The Hall–Kier alpha value is -2.05. The molecule has 1 aliphatic carbocycles. The number of carbonyl (C=O) groups excluding carboxylic acids is 3. The van der Waals surface area contributed by atoms with E-state index in [0.717, 1.165) is 0 Å². The van der Waals surface area contributed by atoms with Crippen LogP contribution in [0.4, 0.5) is 10.5 Å². The molecule has 26 heavy (non-hydrogen) atoms. The summed E-state index contributed by atoms with van der Waals surface area (Å²) >= 11 is 11.8. The van der Waals surface area contributed by atoms with Gasteiger partial charge in [-0.15, -0.1) is 0 Å². The third-order valence-electron chi connectivity index (χ3n) is 5.23. The van der Waals surface area contributed by atoms with Crippen LogP contribution in [0.5, 0.6) is 0 Å². The molecule has 4 rings (SSSR count). The Labute approximate surface area is 160 Å². The number of halogens is 2. The molecule has 0 radical (unpaired) electrons.